The normalized spacial score (nSPS) is 13.9. The summed E-state index contributed by atoms with van der Waals surface area (Å²) in [6.07, 6.45) is 2.26. The Hall–Kier alpha value is -2.36. The van der Waals surface area contributed by atoms with E-state index < -0.39 is 0 Å². The highest BCUT2D eigenvalue weighted by Crippen LogP contribution is 2.27. The van der Waals surface area contributed by atoms with Crippen molar-refractivity contribution in [1.29, 1.82) is 0 Å². The number of hydrogen-bond acceptors (Lipinski definition) is 2. The number of hydrogen-bond donors (Lipinski definition) is 2. The van der Waals surface area contributed by atoms with Crippen LogP contribution < -0.4 is 5.32 Å². The Morgan fingerprint density at radius 3 is 2.64 bits per heavy atom. The van der Waals surface area contributed by atoms with Crippen LogP contribution in [0, 0.1) is 20.8 Å². The zero-order valence-corrected chi connectivity index (χ0v) is 13.2. The van der Waals surface area contributed by atoms with Gasteiger partial charge in [-0.05, 0) is 50.8 Å². The summed E-state index contributed by atoms with van der Waals surface area (Å²) in [6.45, 7) is 5.83. The van der Waals surface area contributed by atoms with Gasteiger partial charge in [0.2, 0.25) is 0 Å². The molecule has 3 rings (SSSR count). The van der Waals surface area contributed by atoms with E-state index in [1.165, 1.54) is 0 Å². The Morgan fingerprint density at radius 2 is 1.95 bits per heavy atom. The zero-order chi connectivity index (χ0) is 15.9. The summed E-state index contributed by atoms with van der Waals surface area (Å²) in [5.74, 6) is -0.0489. The number of rotatable bonds is 2. The fourth-order valence-electron chi connectivity index (χ4n) is 3.14. The largest absolute Gasteiger partial charge is 0.354 e. The van der Waals surface area contributed by atoms with Gasteiger partial charge in [0.1, 0.15) is 5.69 Å². The van der Waals surface area contributed by atoms with E-state index in [9.17, 15) is 9.59 Å². The number of anilines is 1. The first-order valence-corrected chi connectivity index (χ1v) is 7.60. The van der Waals surface area contributed by atoms with E-state index in [0.717, 1.165) is 46.5 Å². The molecule has 0 unspecified atom stereocenters. The maximum absolute atomic E-state index is 12.5. The van der Waals surface area contributed by atoms with Crippen LogP contribution in [0.1, 0.15) is 56.1 Å². The van der Waals surface area contributed by atoms with Gasteiger partial charge in [-0.2, -0.15) is 0 Å². The number of aromatic amines is 1. The highest BCUT2D eigenvalue weighted by atomic mass is 16.2. The SMILES string of the molecule is Cc1ccc(NC(=O)c2[nH]c3c(c2C)C(=O)CCC3)c(C)c1. The molecule has 0 bridgehead atoms. The second-order valence-electron chi connectivity index (χ2n) is 6.03. The van der Waals surface area contributed by atoms with Crippen molar-refractivity contribution in [2.75, 3.05) is 5.32 Å². The van der Waals surface area contributed by atoms with Gasteiger partial charge >= 0.3 is 0 Å². The lowest BCUT2D eigenvalue weighted by Gasteiger charge is -2.09. The monoisotopic (exact) mass is 296 g/mol. The van der Waals surface area contributed by atoms with Crippen LogP contribution in [0.5, 0.6) is 0 Å². The molecule has 4 heteroatoms. The third kappa shape index (κ3) is 2.45. The molecule has 2 aromatic rings. The van der Waals surface area contributed by atoms with Crippen LogP contribution in [0.3, 0.4) is 0 Å². The molecule has 1 aliphatic carbocycles. The van der Waals surface area contributed by atoms with Crippen molar-refractivity contribution in [3.8, 4) is 0 Å². The van der Waals surface area contributed by atoms with Crippen LogP contribution in [0.25, 0.3) is 0 Å². The topological polar surface area (TPSA) is 62.0 Å². The predicted octanol–water partition coefficient (Wildman–Crippen LogP) is 3.71. The number of aromatic nitrogens is 1. The third-order valence-electron chi connectivity index (χ3n) is 4.29. The molecular formula is C18H20N2O2. The molecule has 1 amide bonds. The van der Waals surface area contributed by atoms with E-state index in [0.29, 0.717) is 12.1 Å². The first kappa shape index (κ1) is 14.6. The summed E-state index contributed by atoms with van der Waals surface area (Å²) in [4.78, 5) is 27.7. The second-order valence-corrected chi connectivity index (χ2v) is 6.03. The first-order chi connectivity index (χ1) is 10.5. The molecule has 22 heavy (non-hydrogen) atoms. The van der Waals surface area contributed by atoms with E-state index in [-0.39, 0.29) is 11.7 Å². The molecular weight excluding hydrogens is 276 g/mol. The summed E-state index contributed by atoms with van der Waals surface area (Å²) in [5.41, 5.74) is 5.87. The Morgan fingerprint density at radius 1 is 1.18 bits per heavy atom. The van der Waals surface area contributed by atoms with Gasteiger partial charge in [0.25, 0.3) is 5.91 Å². The minimum absolute atomic E-state index is 0.139. The van der Waals surface area contributed by atoms with E-state index in [2.05, 4.69) is 10.3 Å². The maximum atomic E-state index is 12.5. The minimum Gasteiger partial charge on any atom is -0.354 e. The standard InChI is InChI=1S/C18H20N2O2/c1-10-7-8-13(11(2)9-10)20-18(22)17-12(3)16-14(19-17)5-4-6-15(16)21/h7-9,19H,4-6H2,1-3H3,(H,20,22). The van der Waals surface area contributed by atoms with Crippen LogP contribution >= 0.6 is 0 Å². The number of ketones is 1. The highest BCUT2D eigenvalue weighted by Gasteiger charge is 2.26. The number of aryl methyl sites for hydroxylation is 3. The van der Waals surface area contributed by atoms with Crippen molar-refractivity contribution in [3.05, 3.63) is 51.8 Å². The number of nitrogens with one attached hydrogen (secondary N) is 2. The maximum Gasteiger partial charge on any atom is 0.272 e. The highest BCUT2D eigenvalue weighted by molar-refractivity contribution is 6.08. The fourth-order valence-corrected chi connectivity index (χ4v) is 3.14. The van der Waals surface area contributed by atoms with Crippen molar-refractivity contribution in [1.82, 2.24) is 4.98 Å². The van der Waals surface area contributed by atoms with Crippen LogP contribution in [0.4, 0.5) is 5.69 Å². The van der Waals surface area contributed by atoms with Crippen molar-refractivity contribution in [2.24, 2.45) is 0 Å². The number of benzene rings is 1. The molecule has 114 valence electrons. The smallest absolute Gasteiger partial charge is 0.272 e. The van der Waals surface area contributed by atoms with Crippen molar-refractivity contribution in [2.45, 2.75) is 40.0 Å². The lowest BCUT2D eigenvalue weighted by molar-refractivity contribution is 0.0971. The van der Waals surface area contributed by atoms with Crippen molar-refractivity contribution in [3.63, 3.8) is 0 Å². The Balaban J connectivity index is 1.91. The molecule has 2 N–H and O–H groups in total. The number of fused-ring (bicyclic) bond motifs is 1. The fraction of sp³-hybridized carbons (Fsp3) is 0.333. The first-order valence-electron chi connectivity index (χ1n) is 7.60. The molecule has 0 aliphatic heterocycles. The van der Waals surface area contributed by atoms with Crippen LogP contribution in [0.15, 0.2) is 18.2 Å². The number of Topliss-reactive ketones (excluding diaryl/α,β-unsaturated/α-hetero) is 1. The van der Waals surface area contributed by atoms with Gasteiger partial charge in [0, 0.05) is 23.4 Å². The van der Waals surface area contributed by atoms with Gasteiger partial charge in [0.15, 0.2) is 5.78 Å². The minimum atomic E-state index is -0.188. The van der Waals surface area contributed by atoms with E-state index in [1.807, 2.05) is 39.0 Å². The number of carbonyl (C=O) groups is 2. The average molecular weight is 296 g/mol. The second kappa shape index (κ2) is 5.44. The number of amides is 1. The van der Waals surface area contributed by atoms with E-state index in [1.54, 1.807) is 0 Å². The predicted molar refractivity (Wildman–Crippen MR) is 86.7 cm³/mol. The molecule has 0 saturated carbocycles. The Kier molecular flexibility index (Phi) is 3.61. The quantitative estimate of drug-likeness (QED) is 0.887. The van der Waals surface area contributed by atoms with Crippen molar-refractivity contribution < 1.29 is 9.59 Å². The number of H-pyrrole nitrogens is 1. The van der Waals surface area contributed by atoms with Crippen molar-refractivity contribution >= 4 is 17.4 Å². The molecule has 0 fully saturated rings. The molecule has 0 spiro atoms. The third-order valence-corrected chi connectivity index (χ3v) is 4.29. The van der Waals surface area contributed by atoms with Gasteiger partial charge < -0.3 is 10.3 Å². The Labute approximate surface area is 129 Å². The van der Waals surface area contributed by atoms with E-state index in [4.69, 9.17) is 0 Å². The summed E-state index contributed by atoms with van der Waals surface area (Å²) in [7, 11) is 0. The molecule has 1 aromatic carbocycles. The van der Waals surface area contributed by atoms with Gasteiger partial charge in [-0.1, -0.05) is 17.7 Å². The molecule has 0 radical (unpaired) electrons. The van der Waals surface area contributed by atoms with Crippen LogP contribution in [-0.2, 0) is 6.42 Å². The average Bonchev–Trinajstić information content (AvgIpc) is 2.80. The molecule has 1 aromatic heterocycles. The Bertz CT molecular complexity index is 772. The lowest BCUT2D eigenvalue weighted by Crippen LogP contribution is -2.14. The summed E-state index contributed by atoms with van der Waals surface area (Å²) in [6, 6.07) is 5.91. The lowest BCUT2D eigenvalue weighted by atomic mass is 9.94. The number of carbonyl (C=O) groups excluding carboxylic acids is 2. The molecule has 0 atom stereocenters. The summed E-state index contributed by atoms with van der Waals surface area (Å²) in [5, 5.41) is 2.94. The summed E-state index contributed by atoms with van der Waals surface area (Å²) >= 11 is 0. The van der Waals surface area contributed by atoms with Gasteiger partial charge in [0.05, 0.1) is 0 Å². The van der Waals surface area contributed by atoms with Gasteiger partial charge in [-0.25, -0.2) is 0 Å². The van der Waals surface area contributed by atoms with Gasteiger partial charge in [-0.15, -0.1) is 0 Å². The van der Waals surface area contributed by atoms with Gasteiger partial charge in [-0.3, -0.25) is 9.59 Å². The van der Waals surface area contributed by atoms with Crippen LogP contribution in [-0.4, -0.2) is 16.7 Å². The molecule has 0 saturated heterocycles. The summed E-state index contributed by atoms with van der Waals surface area (Å²) < 4.78 is 0. The molecule has 1 aliphatic rings. The van der Waals surface area contributed by atoms with E-state index >= 15 is 0 Å². The molecule has 4 nitrogen and oxygen atoms in total. The molecule has 1 heterocycles. The zero-order valence-electron chi connectivity index (χ0n) is 13.2. The van der Waals surface area contributed by atoms with Crippen LogP contribution in [0.2, 0.25) is 0 Å².